The second kappa shape index (κ2) is 8.89. The van der Waals surface area contributed by atoms with Gasteiger partial charge < -0.3 is 15.1 Å². The minimum atomic E-state index is 0.0822. The van der Waals surface area contributed by atoms with Crippen molar-refractivity contribution < 1.29 is 4.79 Å². The molecule has 1 saturated heterocycles. The zero-order chi connectivity index (χ0) is 16.7. The number of urea groups is 1. The average molecular weight is 318 g/mol. The van der Waals surface area contributed by atoms with E-state index in [-0.39, 0.29) is 6.03 Å². The summed E-state index contributed by atoms with van der Waals surface area (Å²) in [5, 5.41) is 3.02. The molecule has 1 aromatic rings. The van der Waals surface area contributed by atoms with Gasteiger partial charge in [0.2, 0.25) is 0 Å². The van der Waals surface area contributed by atoms with Crippen LogP contribution in [0.5, 0.6) is 0 Å². The van der Waals surface area contributed by atoms with Crippen LogP contribution >= 0.6 is 0 Å². The number of benzene rings is 1. The summed E-state index contributed by atoms with van der Waals surface area (Å²) in [6, 6.07) is 8.79. The van der Waals surface area contributed by atoms with E-state index in [1.54, 1.807) is 0 Å². The Balaban J connectivity index is 1.66. The van der Waals surface area contributed by atoms with E-state index < -0.39 is 0 Å². The molecule has 1 heterocycles. The number of nitrogens with one attached hydrogen (secondary N) is 1. The van der Waals surface area contributed by atoms with Crippen molar-refractivity contribution in [2.24, 2.45) is 0 Å². The van der Waals surface area contributed by atoms with Crippen molar-refractivity contribution in [1.29, 1.82) is 0 Å². The lowest BCUT2D eigenvalue weighted by Gasteiger charge is -2.34. The first kappa shape index (κ1) is 17.8. The number of piperazine rings is 1. The quantitative estimate of drug-likeness (QED) is 0.813. The van der Waals surface area contributed by atoms with Crippen molar-refractivity contribution in [1.82, 2.24) is 20.0 Å². The largest absolute Gasteiger partial charge is 0.338 e. The molecule has 0 radical (unpaired) electrons. The van der Waals surface area contributed by atoms with Crippen LogP contribution in [0, 0.1) is 6.92 Å². The minimum absolute atomic E-state index is 0.0822. The zero-order valence-corrected chi connectivity index (χ0v) is 14.7. The Morgan fingerprint density at radius 2 is 1.78 bits per heavy atom. The Morgan fingerprint density at radius 3 is 2.39 bits per heavy atom. The van der Waals surface area contributed by atoms with E-state index in [0.29, 0.717) is 0 Å². The molecule has 5 heteroatoms. The molecule has 0 aliphatic carbocycles. The van der Waals surface area contributed by atoms with E-state index in [1.807, 2.05) is 4.90 Å². The van der Waals surface area contributed by atoms with Crippen LogP contribution < -0.4 is 5.32 Å². The first-order chi connectivity index (χ1) is 11.0. The number of nitrogens with zero attached hydrogens (tertiary/aromatic N) is 3. The maximum Gasteiger partial charge on any atom is 0.317 e. The molecule has 0 bridgehead atoms. The molecule has 128 valence electrons. The van der Waals surface area contributed by atoms with Crippen LogP contribution in [0.15, 0.2) is 24.3 Å². The normalized spacial score (nSPS) is 15.9. The highest BCUT2D eigenvalue weighted by Gasteiger charge is 2.20. The van der Waals surface area contributed by atoms with Gasteiger partial charge in [-0.25, -0.2) is 4.79 Å². The van der Waals surface area contributed by atoms with Gasteiger partial charge in [-0.05, 0) is 39.5 Å². The van der Waals surface area contributed by atoms with Gasteiger partial charge in [-0.3, -0.25) is 4.90 Å². The second-order valence-electron chi connectivity index (χ2n) is 6.64. The fourth-order valence-electron chi connectivity index (χ4n) is 2.76. The van der Waals surface area contributed by atoms with Gasteiger partial charge in [0, 0.05) is 39.3 Å². The Labute approximate surface area is 140 Å². The predicted molar refractivity (Wildman–Crippen MR) is 94.6 cm³/mol. The Kier molecular flexibility index (Phi) is 6.86. The Morgan fingerprint density at radius 1 is 1.13 bits per heavy atom. The summed E-state index contributed by atoms with van der Waals surface area (Å²) in [6.07, 6.45) is 0.992. The molecule has 1 aromatic carbocycles. The fraction of sp³-hybridized carbons (Fsp3) is 0.611. The molecule has 1 aliphatic heterocycles. The number of aryl methyl sites for hydroxylation is 1. The molecule has 1 fully saturated rings. The summed E-state index contributed by atoms with van der Waals surface area (Å²) >= 11 is 0. The van der Waals surface area contributed by atoms with Crippen LogP contribution in [0.25, 0.3) is 0 Å². The van der Waals surface area contributed by atoms with Gasteiger partial charge in [0.05, 0.1) is 0 Å². The third-order valence-electron chi connectivity index (χ3n) is 4.24. The van der Waals surface area contributed by atoms with E-state index in [2.05, 4.69) is 60.4 Å². The predicted octanol–water partition coefficient (Wildman–Crippen LogP) is 1.77. The lowest BCUT2D eigenvalue weighted by molar-refractivity contribution is 0.135. The lowest BCUT2D eigenvalue weighted by Crippen LogP contribution is -2.51. The molecule has 0 unspecified atom stereocenters. The molecule has 0 spiro atoms. The van der Waals surface area contributed by atoms with Gasteiger partial charge in [0.15, 0.2) is 0 Å². The zero-order valence-electron chi connectivity index (χ0n) is 14.7. The van der Waals surface area contributed by atoms with Crippen LogP contribution in [0.3, 0.4) is 0 Å². The van der Waals surface area contributed by atoms with Gasteiger partial charge >= 0.3 is 6.03 Å². The maximum atomic E-state index is 12.1. The summed E-state index contributed by atoms with van der Waals surface area (Å²) in [5.74, 6) is 0. The van der Waals surface area contributed by atoms with Gasteiger partial charge in [0.1, 0.15) is 0 Å². The number of hydrogen-bond donors (Lipinski definition) is 1. The maximum absolute atomic E-state index is 12.1. The van der Waals surface area contributed by atoms with Crippen molar-refractivity contribution in [3.8, 4) is 0 Å². The monoisotopic (exact) mass is 318 g/mol. The van der Waals surface area contributed by atoms with E-state index in [1.165, 1.54) is 11.1 Å². The van der Waals surface area contributed by atoms with Crippen molar-refractivity contribution in [3.63, 3.8) is 0 Å². The van der Waals surface area contributed by atoms with E-state index >= 15 is 0 Å². The average Bonchev–Trinajstić information content (AvgIpc) is 2.54. The summed E-state index contributed by atoms with van der Waals surface area (Å²) < 4.78 is 0. The molecule has 0 atom stereocenters. The number of carbonyl (C=O) groups excluding carboxylic acids is 1. The summed E-state index contributed by atoms with van der Waals surface area (Å²) in [7, 11) is 4.10. The molecule has 2 amide bonds. The van der Waals surface area contributed by atoms with Gasteiger partial charge in [-0.2, -0.15) is 0 Å². The standard InChI is InChI=1S/C18H30N4O/c1-16-5-7-17(8-6-16)15-21-11-13-22(14-12-21)18(23)19-9-4-10-20(2)3/h5-8H,4,9-15H2,1-3H3,(H,19,23). The van der Waals surface area contributed by atoms with Crippen LogP contribution in [0.4, 0.5) is 4.79 Å². The van der Waals surface area contributed by atoms with Crippen molar-refractivity contribution >= 4 is 6.03 Å². The third kappa shape index (κ3) is 6.20. The van der Waals surface area contributed by atoms with Crippen LogP contribution in [0.1, 0.15) is 17.5 Å². The number of hydrogen-bond acceptors (Lipinski definition) is 3. The molecule has 1 aliphatic rings. The van der Waals surface area contributed by atoms with Crippen molar-refractivity contribution in [3.05, 3.63) is 35.4 Å². The SMILES string of the molecule is Cc1ccc(CN2CCN(C(=O)NCCCN(C)C)CC2)cc1. The molecule has 2 rings (SSSR count). The summed E-state index contributed by atoms with van der Waals surface area (Å²) in [5.41, 5.74) is 2.64. The lowest BCUT2D eigenvalue weighted by atomic mass is 10.1. The second-order valence-corrected chi connectivity index (χ2v) is 6.64. The first-order valence-electron chi connectivity index (χ1n) is 8.50. The Bertz CT molecular complexity index is 478. The van der Waals surface area contributed by atoms with Crippen LogP contribution in [-0.2, 0) is 6.54 Å². The Hall–Kier alpha value is -1.59. The van der Waals surface area contributed by atoms with E-state index in [9.17, 15) is 4.79 Å². The minimum Gasteiger partial charge on any atom is -0.338 e. The highest BCUT2D eigenvalue weighted by atomic mass is 16.2. The smallest absolute Gasteiger partial charge is 0.317 e. The fourth-order valence-corrected chi connectivity index (χ4v) is 2.76. The molecule has 23 heavy (non-hydrogen) atoms. The van der Waals surface area contributed by atoms with Gasteiger partial charge in [-0.15, -0.1) is 0 Å². The van der Waals surface area contributed by atoms with Crippen LogP contribution in [-0.4, -0.2) is 74.1 Å². The van der Waals surface area contributed by atoms with Gasteiger partial charge in [-0.1, -0.05) is 29.8 Å². The number of carbonyl (C=O) groups is 1. The molecular weight excluding hydrogens is 288 g/mol. The number of amides is 2. The van der Waals surface area contributed by atoms with Crippen molar-refractivity contribution in [2.75, 3.05) is 53.4 Å². The summed E-state index contributed by atoms with van der Waals surface area (Å²) in [4.78, 5) is 18.6. The summed E-state index contributed by atoms with van der Waals surface area (Å²) in [6.45, 7) is 8.35. The highest BCUT2D eigenvalue weighted by molar-refractivity contribution is 5.74. The van der Waals surface area contributed by atoms with Crippen molar-refractivity contribution in [2.45, 2.75) is 19.9 Å². The molecule has 0 aromatic heterocycles. The first-order valence-corrected chi connectivity index (χ1v) is 8.50. The molecule has 0 saturated carbocycles. The van der Waals surface area contributed by atoms with E-state index in [4.69, 9.17) is 0 Å². The van der Waals surface area contributed by atoms with Crippen LogP contribution in [0.2, 0.25) is 0 Å². The topological polar surface area (TPSA) is 38.8 Å². The highest BCUT2D eigenvalue weighted by Crippen LogP contribution is 2.10. The molecule has 1 N–H and O–H groups in total. The molecule has 5 nitrogen and oxygen atoms in total. The van der Waals surface area contributed by atoms with Gasteiger partial charge in [0.25, 0.3) is 0 Å². The number of rotatable bonds is 6. The third-order valence-corrected chi connectivity index (χ3v) is 4.24. The molecular formula is C18H30N4O. The van der Waals surface area contributed by atoms with E-state index in [0.717, 1.165) is 52.2 Å².